The summed E-state index contributed by atoms with van der Waals surface area (Å²) in [5.74, 6) is 0.735. The van der Waals surface area contributed by atoms with Gasteiger partial charge in [0.1, 0.15) is 0 Å². The number of aryl methyl sites for hydroxylation is 1. The first-order valence-electron chi connectivity index (χ1n) is 8.23. The number of hydrogen-bond donors (Lipinski definition) is 2. The van der Waals surface area contributed by atoms with Gasteiger partial charge in [0.15, 0.2) is 5.96 Å². The molecule has 0 aliphatic heterocycles. The smallest absolute Gasteiger partial charge is 0.251 e. The van der Waals surface area contributed by atoms with Gasteiger partial charge in [0.2, 0.25) is 0 Å². The van der Waals surface area contributed by atoms with Crippen LogP contribution in [-0.4, -0.2) is 42.4 Å². The number of rotatable bonds is 6. The van der Waals surface area contributed by atoms with Crippen LogP contribution in [0.2, 0.25) is 0 Å². The van der Waals surface area contributed by atoms with Crippen molar-refractivity contribution in [3.63, 3.8) is 0 Å². The quantitative estimate of drug-likeness (QED) is 0.374. The number of nitrogens with zero attached hydrogens (tertiary/aromatic N) is 3. The van der Waals surface area contributed by atoms with Crippen molar-refractivity contribution in [1.29, 1.82) is 0 Å². The van der Waals surface area contributed by atoms with Crippen molar-refractivity contribution >= 4 is 47.2 Å². The number of guanidine groups is 1. The van der Waals surface area contributed by atoms with Gasteiger partial charge in [-0.15, -0.1) is 35.3 Å². The van der Waals surface area contributed by atoms with E-state index >= 15 is 0 Å². The third-order valence-corrected chi connectivity index (χ3v) is 4.44. The third kappa shape index (κ3) is 6.56. The van der Waals surface area contributed by atoms with Crippen LogP contribution in [0.4, 0.5) is 0 Å². The number of amides is 1. The van der Waals surface area contributed by atoms with Crippen LogP contribution in [0.15, 0.2) is 34.6 Å². The molecule has 0 atom stereocenters. The second-order valence-electron chi connectivity index (χ2n) is 5.67. The van der Waals surface area contributed by atoms with E-state index in [0.29, 0.717) is 25.2 Å². The molecule has 6 nitrogen and oxygen atoms in total. The number of aromatic nitrogens is 1. The summed E-state index contributed by atoms with van der Waals surface area (Å²) in [5, 5.41) is 9.27. The lowest BCUT2D eigenvalue weighted by atomic mass is 10.1. The average Bonchev–Trinajstić information content (AvgIpc) is 3.00. The molecular weight excluding hydrogens is 461 g/mol. The summed E-state index contributed by atoms with van der Waals surface area (Å²) in [6, 6.07) is 7.61. The van der Waals surface area contributed by atoms with Crippen LogP contribution in [0.1, 0.15) is 33.5 Å². The first kappa shape index (κ1) is 22.4. The Morgan fingerprint density at radius 1 is 1.35 bits per heavy atom. The second-order valence-corrected chi connectivity index (χ2v) is 6.74. The standard InChI is InChI=1S/C18H25N5OS.HI/c1-5-20-17(24)15-8-6-7-14(9-15)10-21-18(19-3)23(4)11-16-12-25-13(2)22-16;/h6-9,12H,5,10-11H2,1-4H3,(H,19,21)(H,20,24);1H. The molecule has 0 saturated carbocycles. The van der Waals surface area contributed by atoms with Crippen molar-refractivity contribution in [2.45, 2.75) is 26.9 Å². The van der Waals surface area contributed by atoms with Crippen LogP contribution < -0.4 is 10.6 Å². The first-order valence-corrected chi connectivity index (χ1v) is 9.11. The molecule has 1 amide bonds. The summed E-state index contributed by atoms with van der Waals surface area (Å²) in [6.45, 7) is 5.83. The van der Waals surface area contributed by atoms with Gasteiger partial charge in [0.25, 0.3) is 5.91 Å². The van der Waals surface area contributed by atoms with Crippen LogP contribution in [-0.2, 0) is 13.1 Å². The van der Waals surface area contributed by atoms with Crippen molar-refractivity contribution in [3.8, 4) is 0 Å². The Morgan fingerprint density at radius 2 is 2.12 bits per heavy atom. The maximum Gasteiger partial charge on any atom is 0.251 e. The molecule has 2 N–H and O–H groups in total. The number of hydrogen-bond acceptors (Lipinski definition) is 4. The number of aliphatic imine (C=N–C) groups is 1. The number of halogens is 1. The van der Waals surface area contributed by atoms with Crippen molar-refractivity contribution < 1.29 is 4.79 Å². The van der Waals surface area contributed by atoms with Crippen LogP contribution in [0.25, 0.3) is 0 Å². The highest BCUT2D eigenvalue weighted by Crippen LogP contribution is 2.10. The minimum atomic E-state index is -0.0512. The van der Waals surface area contributed by atoms with Gasteiger partial charge in [-0.05, 0) is 31.5 Å². The van der Waals surface area contributed by atoms with E-state index in [9.17, 15) is 4.79 Å². The summed E-state index contributed by atoms with van der Waals surface area (Å²) in [6.07, 6.45) is 0. The van der Waals surface area contributed by atoms with E-state index in [1.165, 1.54) is 0 Å². The largest absolute Gasteiger partial charge is 0.352 e. The van der Waals surface area contributed by atoms with Gasteiger partial charge in [-0.3, -0.25) is 9.79 Å². The molecule has 0 radical (unpaired) electrons. The first-order chi connectivity index (χ1) is 12.0. The zero-order chi connectivity index (χ0) is 18.2. The second kappa shape index (κ2) is 11.1. The molecule has 1 aromatic heterocycles. The molecule has 1 heterocycles. The maximum absolute atomic E-state index is 11.9. The molecular formula is C18H26IN5OS. The van der Waals surface area contributed by atoms with E-state index in [1.807, 2.05) is 50.1 Å². The van der Waals surface area contributed by atoms with Gasteiger partial charge in [-0.1, -0.05) is 12.1 Å². The molecule has 0 spiro atoms. The zero-order valence-corrected chi connectivity index (χ0v) is 18.7. The van der Waals surface area contributed by atoms with E-state index in [4.69, 9.17) is 0 Å². The van der Waals surface area contributed by atoms with Gasteiger partial charge in [-0.2, -0.15) is 0 Å². The average molecular weight is 487 g/mol. The lowest BCUT2D eigenvalue weighted by Crippen LogP contribution is -2.38. The van der Waals surface area contributed by atoms with Crippen LogP contribution in [0.5, 0.6) is 0 Å². The summed E-state index contributed by atoms with van der Waals surface area (Å²) in [7, 11) is 3.74. The molecule has 2 rings (SSSR count). The van der Waals surface area contributed by atoms with E-state index in [2.05, 4.69) is 26.0 Å². The number of nitrogens with one attached hydrogen (secondary N) is 2. The minimum absolute atomic E-state index is 0. The minimum Gasteiger partial charge on any atom is -0.352 e. The highest BCUT2D eigenvalue weighted by atomic mass is 127. The fourth-order valence-corrected chi connectivity index (χ4v) is 3.05. The molecule has 1 aromatic carbocycles. The van der Waals surface area contributed by atoms with Crippen molar-refractivity contribution in [2.75, 3.05) is 20.6 Å². The molecule has 0 fully saturated rings. The highest BCUT2D eigenvalue weighted by molar-refractivity contribution is 14.0. The van der Waals surface area contributed by atoms with E-state index in [-0.39, 0.29) is 29.9 Å². The molecule has 0 bridgehead atoms. The number of carbonyl (C=O) groups excluding carboxylic acids is 1. The fourth-order valence-electron chi connectivity index (χ4n) is 2.45. The lowest BCUT2D eigenvalue weighted by Gasteiger charge is -2.21. The lowest BCUT2D eigenvalue weighted by molar-refractivity contribution is 0.0955. The van der Waals surface area contributed by atoms with Crippen LogP contribution >= 0.6 is 35.3 Å². The molecule has 0 saturated heterocycles. The molecule has 26 heavy (non-hydrogen) atoms. The van der Waals surface area contributed by atoms with Crippen LogP contribution in [0, 0.1) is 6.92 Å². The zero-order valence-electron chi connectivity index (χ0n) is 15.6. The summed E-state index contributed by atoms with van der Waals surface area (Å²) in [4.78, 5) is 22.8. The van der Waals surface area contributed by atoms with Gasteiger partial charge in [0.05, 0.1) is 17.2 Å². The van der Waals surface area contributed by atoms with Crippen molar-refractivity contribution in [3.05, 3.63) is 51.5 Å². The van der Waals surface area contributed by atoms with Gasteiger partial charge in [-0.25, -0.2) is 4.98 Å². The Morgan fingerprint density at radius 3 is 2.73 bits per heavy atom. The van der Waals surface area contributed by atoms with Crippen molar-refractivity contribution in [2.24, 2.45) is 4.99 Å². The molecule has 0 aliphatic carbocycles. The topological polar surface area (TPSA) is 69.6 Å². The Hall–Kier alpha value is -1.68. The predicted molar refractivity (Wildman–Crippen MR) is 118 cm³/mol. The Kier molecular flexibility index (Phi) is 9.57. The van der Waals surface area contributed by atoms with Crippen molar-refractivity contribution in [1.82, 2.24) is 20.5 Å². The summed E-state index contributed by atoms with van der Waals surface area (Å²) < 4.78 is 0. The van der Waals surface area contributed by atoms with E-state index in [0.717, 1.165) is 22.2 Å². The molecule has 0 aliphatic rings. The summed E-state index contributed by atoms with van der Waals surface area (Å²) >= 11 is 1.65. The highest BCUT2D eigenvalue weighted by Gasteiger charge is 2.09. The fraction of sp³-hybridized carbons (Fsp3) is 0.389. The number of benzene rings is 1. The Labute approximate surface area is 176 Å². The summed E-state index contributed by atoms with van der Waals surface area (Å²) in [5.41, 5.74) is 2.73. The Bertz CT molecular complexity index is 747. The molecule has 142 valence electrons. The number of thiazole rings is 1. The predicted octanol–water partition coefficient (Wildman–Crippen LogP) is 3.03. The van der Waals surface area contributed by atoms with E-state index in [1.54, 1.807) is 18.4 Å². The third-order valence-electron chi connectivity index (χ3n) is 3.62. The van der Waals surface area contributed by atoms with Crippen LogP contribution in [0.3, 0.4) is 0 Å². The SMILES string of the molecule is CCNC(=O)c1cccc(CNC(=NC)N(C)Cc2csc(C)n2)c1.I. The van der Waals surface area contributed by atoms with E-state index < -0.39 is 0 Å². The molecule has 2 aromatic rings. The number of carbonyl (C=O) groups is 1. The molecule has 8 heteroatoms. The van der Waals surface area contributed by atoms with Gasteiger partial charge >= 0.3 is 0 Å². The van der Waals surface area contributed by atoms with Gasteiger partial charge < -0.3 is 15.5 Å². The normalized spacial score (nSPS) is 10.8. The Balaban J connectivity index is 0.00000338. The monoisotopic (exact) mass is 487 g/mol. The maximum atomic E-state index is 11.9. The molecule has 0 unspecified atom stereocenters. The van der Waals surface area contributed by atoms with Gasteiger partial charge in [0, 0.05) is 38.1 Å².